The Balaban J connectivity index is 1.78. The highest BCUT2D eigenvalue weighted by atomic mass is 16.5. The fourth-order valence-corrected chi connectivity index (χ4v) is 2.81. The number of nitrogens with one attached hydrogen (secondary N) is 1. The van der Waals surface area contributed by atoms with Crippen LogP contribution >= 0.6 is 0 Å². The van der Waals surface area contributed by atoms with Gasteiger partial charge < -0.3 is 20.5 Å². The van der Waals surface area contributed by atoms with E-state index >= 15 is 0 Å². The van der Waals surface area contributed by atoms with Gasteiger partial charge in [0.25, 0.3) is 0 Å². The summed E-state index contributed by atoms with van der Waals surface area (Å²) in [4.78, 5) is 4.45. The summed E-state index contributed by atoms with van der Waals surface area (Å²) < 4.78 is 10.7. The number of hydrogen-bond acceptors (Lipinski definition) is 3. The Morgan fingerprint density at radius 1 is 1.26 bits per heavy atom. The van der Waals surface area contributed by atoms with Gasteiger partial charge in [-0.3, -0.25) is 0 Å². The Bertz CT molecular complexity index is 485. The molecule has 0 amide bonds. The molecule has 0 saturated heterocycles. The molecule has 5 heteroatoms. The van der Waals surface area contributed by atoms with E-state index < -0.39 is 0 Å². The van der Waals surface area contributed by atoms with Gasteiger partial charge in [-0.2, -0.15) is 0 Å². The molecule has 1 aliphatic rings. The number of ether oxygens (including phenoxy) is 2. The topological polar surface area (TPSA) is 68.9 Å². The van der Waals surface area contributed by atoms with Gasteiger partial charge in [0.1, 0.15) is 5.75 Å². The fraction of sp³-hybridized carbons (Fsp3) is 0.611. The molecule has 1 fully saturated rings. The van der Waals surface area contributed by atoms with Crippen molar-refractivity contribution in [2.45, 2.75) is 51.1 Å². The molecule has 0 bridgehead atoms. The van der Waals surface area contributed by atoms with Gasteiger partial charge >= 0.3 is 0 Å². The third-order valence-electron chi connectivity index (χ3n) is 4.05. The zero-order valence-electron chi connectivity index (χ0n) is 14.1. The van der Waals surface area contributed by atoms with Crippen molar-refractivity contribution < 1.29 is 9.47 Å². The second-order valence-corrected chi connectivity index (χ2v) is 6.02. The quantitative estimate of drug-likeness (QED) is 0.439. The largest absolute Gasteiger partial charge is 0.493 e. The molecule has 0 unspecified atom stereocenters. The Hall–Kier alpha value is -1.75. The second kappa shape index (κ2) is 10.1. The molecule has 1 aromatic rings. The first kappa shape index (κ1) is 17.6. The molecule has 1 saturated carbocycles. The average Bonchev–Trinajstić information content (AvgIpc) is 2.58. The molecule has 0 spiro atoms. The first-order valence-corrected chi connectivity index (χ1v) is 8.55. The van der Waals surface area contributed by atoms with Crippen LogP contribution in [0.5, 0.6) is 5.75 Å². The van der Waals surface area contributed by atoms with Crippen molar-refractivity contribution >= 4 is 5.96 Å². The number of nitrogens with zero attached hydrogens (tertiary/aromatic N) is 1. The molecule has 0 heterocycles. The Labute approximate surface area is 139 Å². The van der Waals surface area contributed by atoms with Gasteiger partial charge in [0.15, 0.2) is 5.96 Å². The van der Waals surface area contributed by atoms with Crippen molar-refractivity contribution in [1.82, 2.24) is 5.32 Å². The van der Waals surface area contributed by atoms with Crippen LogP contribution in [0.15, 0.2) is 29.3 Å². The van der Waals surface area contributed by atoms with Gasteiger partial charge in [-0.15, -0.1) is 0 Å². The van der Waals surface area contributed by atoms with E-state index in [1.54, 1.807) is 7.11 Å². The third kappa shape index (κ3) is 6.91. The van der Waals surface area contributed by atoms with Gasteiger partial charge in [-0.05, 0) is 30.5 Å². The van der Waals surface area contributed by atoms with Crippen molar-refractivity contribution in [3.63, 3.8) is 0 Å². The van der Waals surface area contributed by atoms with E-state index in [-0.39, 0.29) is 0 Å². The van der Waals surface area contributed by atoms with E-state index in [1.165, 1.54) is 32.1 Å². The van der Waals surface area contributed by atoms with Crippen LogP contribution in [0.2, 0.25) is 0 Å². The summed E-state index contributed by atoms with van der Waals surface area (Å²) in [7, 11) is 1.70. The van der Waals surface area contributed by atoms with Crippen molar-refractivity contribution in [2.24, 2.45) is 10.7 Å². The first-order chi connectivity index (χ1) is 11.3. The maximum Gasteiger partial charge on any atom is 0.189 e. The molecule has 0 radical (unpaired) electrons. The predicted octanol–water partition coefficient (Wildman–Crippen LogP) is 2.84. The lowest BCUT2D eigenvalue weighted by atomic mass is 9.96. The van der Waals surface area contributed by atoms with Crippen LogP contribution in [0.4, 0.5) is 0 Å². The Morgan fingerprint density at radius 3 is 2.87 bits per heavy atom. The maximum absolute atomic E-state index is 6.00. The lowest BCUT2D eigenvalue weighted by Gasteiger charge is -2.23. The number of nitrogens with two attached hydrogens (primary N) is 1. The molecule has 0 aromatic heterocycles. The number of methoxy groups -OCH3 is 1. The minimum Gasteiger partial charge on any atom is -0.493 e. The highest BCUT2D eigenvalue weighted by Gasteiger charge is 2.13. The highest BCUT2D eigenvalue weighted by Crippen LogP contribution is 2.17. The summed E-state index contributed by atoms with van der Waals surface area (Å²) in [6.45, 7) is 1.94. The monoisotopic (exact) mass is 319 g/mol. The molecule has 0 atom stereocenters. The Morgan fingerprint density at radius 2 is 2.09 bits per heavy atom. The molecule has 3 N–H and O–H groups in total. The summed E-state index contributed by atoms with van der Waals surface area (Å²) in [6.07, 6.45) is 7.19. The number of guanidine groups is 1. The molecule has 1 aliphatic carbocycles. The van der Waals surface area contributed by atoms with Crippen LogP contribution in [0.3, 0.4) is 0 Å². The minimum atomic E-state index is 0.489. The fourth-order valence-electron chi connectivity index (χ4n) is 2.81. The first-order valence-electron chi connectivity index (χ1n) is 8.55. The summed E-state index contributed by atoms with van der Waals surface area (Å²) in [5.74, 6) is 1.41. The molecular weight excluding hydrogens is 290 g/mol. The van der Waals surface area contributed by atoms with Gasteiger partial charge in [-0.25, -0.2) is 4.99 Å². The number of benzene rings is 1. The lowest BCUT2D eigenvalue weighted by Crippen LogP contribution is -2.41. The van der Waals surface area contributed by atoms with Crippen molar-refractivity contribution in [1.29, 1.82) is 0 Å². The number of hydrogen-bond donors (Lipinski definition) is 2. The van der Waals surface area contributed by atoms with Crippen LogP contribution in [-0.4, -0.2) is 32.3 Å². The van der Waals surface area contributed by atoms with Gasteiger partial charge in [0.05, 0.1) is 13.2 Å². The molecular formula is C18H29N3O2. The molecule has 2 rings (SSSR count). The number of rotatable bonds is 8. The van der Waals surface area contributed by atoms with E-state index in [0.29, 0.717) is 31.8 Å². The standard InChI is InChI=1S/C18H29N3O2/c1-22-11-6-12-23-17-10-5-7-15(13-17)14-20-18(19)21-16-8-3-2-4-9-16/h5,7,10,13,16H,2-4,6,8-9,11-12,14H2,1H3,(H3,19,20,21). The summed E-state index contributed by atoms with van der Waals surface area (Å²) in [5.41, 5.74) is 7.10. The minimum absolute atomic E-state index is 0.489. The third-order valence-corrected chi connectivity index (χ3v) is 4.05. The van der Waals surface area contributed by atoms with Crippen LogP contribution < -0.4 is 15.8 Å². The van der Waals surface area contributed by atoms with E-state index in [2.05, 4.69) is 10.3 Å². The summed E-state index contributed by atoms with van der Waals surface area (Å²) in [6, 6.07) is 8.50. The van der Waals surface area contributed by atoms with E-state index in [4.69, 9.17) is 15.2 Å². The van der Waals surface area contributed by atoms with Crippen molar-refractivity contribution in [3.05, 3.63) is 29.8 Å². The van der Waals surface area contributed by atoms with E-state index in [1.807, 2.05) is 24.3 Å². The zero-order chi connectivity index (χ0) is 16.3. The van der Waals surface area contributed by atoms with Gasteiger partial charge in [0, 0.05) is 26.2 Å². The Kier molecular flexibility index (Phi) is 7.73. The summed E-state index contributed by atoms with van der Waals surface area (Å²) >= 11 is 0. The molecule has 0 aliphatic heterocycles. The van der Waals surface area contributed by atoms with Gasteiger partial charge in [-0.1, -0.05) is 31.4 Å². The van der Waals surface area contributed by atoms with Crippen LogP contribution in [0.25, 0.3) is 0 Å². The molecule has 5 nitrogen and oxygen atoms in total. The van der Waals surface area contributed by atoms with E-state index in [9.17, 15) is 0 Å². The molecule has 1 aromatic carbocycles. The SMILES string of the molecule is COCCCOc1cccc(CN=C(N)NC2CCCCC2)c1. The van der Waals surface area contributed by atoms with Crippen LogP contribution in [-0.2, 0) is 11.3 Å². The normalized spacial score (nSPS) is 16.3. The average molecular weight is 319 g/mol. The molecule has 128 valence electrons. The lowest BCUT2D eigenvalue weighted by molar-refractivity contribution is 0.172. The second-order valence-electron chi connectivity index (χ2n) is 6.02. The molecule has 23 heavy (non-hydrogen) atoms. The van der Waals surface area contributed by atoms with Crippen molar-refractivity contribution in [3.8, 4) is 5.75 Å². The summed E-state index contributed by atoms with van der Waals surface area (Å²) in [5, 5.41) is 3.33. The van der Waals surface area contributed by atoms with Gasteiger partial charge in [0.2, 0.25) is 0 Å². The number of aliphatic imine (C=N–C) groups is 1. The van der Waals surface area contributed by atoms with Crippen molar-refractivity contribution in [2.75, 3.05) is 20.3 Å². The highest BCUT2D eigenvalue weighted by molar-refractivity contribution is 5.78. The smallest absolute Gasteiger partial charge is 0.189 e. The predicted molar refractivity (Wildman–Crippen MR) is 93.8 cm³/mol. The van der Waals surface area contributed by atoms with Crippen LogP contribution in [0, 0.1) is 0 Å². The maximum atomic E-state index is 6.00. The van der Waals surface area contributed by atoms with E-state index in [0.717, 1.165) is 17.7 Å². The zero-order valence-corrected chi connectivity index (χ0v) is 14.1. The van der Waals surface area contributed by atoms with Crippen LogP contribution in [0.1, 0.15) is 44.1 Å².